The minimum absolute atomic E-state index is 0.223. The molecule has 2 heteroatoms. The maximum absolute atomic E-state index is 6.86. The Morgan fingerprint density at radius 1 is 1.08 bits per heavy atom. The Labute approximate surface area is 89.1 Å². The van der Waals surface area contributed by atoms with Gasteiger partial charge in [-0.2, -0.15) is 11.1 Å². The van der Waals surface area contributed by atoms with Gasteiger partial charge in [-0.25, -0.2) is 0 Å². The zero-order valence-corrected chi connectivity index (χ0v) is 11.6. The number of halogens is 1. The maximum Gasteiger partial charge on any atom is 0.170 e. The van der Waals surface area contributed by atoms with E-state index in [1.807, 2.05) is 6.08 Å². The van der Waals surface area contributed by atoms with Crippen molar-refractivity contribution in [3.05, 3.63) is 12.7 Å². The molecular weight excluding hydrogens is 196 g/mol. The van der Waals surface area contributed by atoms with Crippen LogP contribution in [0.1, 0.15) is 41.5 Å². The predicted octanol–water partition coefficient (Wildman–Crippen LogP) is 4.96. The van der Waals surface area contributed by atoms with E-state index in [4.69, 9.17) is 11.1 Å². The fourth-order valence-electron chi connectivity index (χ4n) is 1.94. The van der Waals surface area contributed by atoms with E-state index in [0.29, 0.717) is 0 Å². The minimum Gasteiger partial charge on any atom is -0.166 e. The summed E-state index contributed by atoms with van der Waals surface area (Å²) < 4.78 is 0. The maximum atomic E-state index is 6.86. The lowest BCUT2D eigenvalue weighted by Gasteiger charge is -2.46. The van der Waals surface area contributed by atoms with Crippen molar-refractivity contribution < 1.29 is 0 Å². The normalized spacial score (nSPS) is 14.4. The van der Waals surface area contributed by atoms with Crippen LogP contribution < -0.4 is 0 Å². The molecule has 0 bridgehead atoms. The Hall–Kier alpha value is 0.247. The highest BCUT2D eigenvalue weighted by Gasteiger charge is 2.50. The van der Waals surface area contributed by atoms with Gasteiger partial charge in [0.1, 0.15) is 0 Å². The smallest absolute Gasteiger partial charge is 0.166 e. The number of hydrogen-bond donors (Lipinski definition) is 0. The Bertz CT molecular complexity index is 169. The highest BCUT2D eigenvalue weighted by molar-refractivity contribution is 7.23. The fourth-order valence-corrected chi connectivity index (χ4v) is 6.14. The van der Waals surface area contributed by atoms with Gasteiger partial charge in [-0.05, 0) is 16.1 Å². The Kier molecular flexibility index (Phi) is 3.85. The quantitative estimate of drug-likeness (QED) is 0.349. The molecule has 0 rings (SSSR count). The molecular formula is C11H23ClSi. The van der Waals surface area contributed by atoms with Gasteiger partial charge in [-0.3, -0.25) is 0 Å². The zero-order valence-electron chi connectivity index (χ0n) is 9.87. The second-order valence-electron chi connectivity index (χ2n) is 5.79. The molecule has 0 aromatic carbocycles. The summed E-state index contributed by atoms with van der Waals surface area (Å²) in [5.74, 6) is 0. The van der Waals surface area contributed by atoms with E-state index in [9.17, 15) is 0 Å². The first-order valence-electron chi connectivity index (χ1n) is 4.86. The first kappa shape index (κ1) is 13.2. The van der Waals surface area contributed by atoms with E-state index in [1.165, 1.54) is 0 Å². The monoisotopic (exact) mass is 218 g/mol. The third kappa shape index (κ3) is 2.60. The van der Waals surface area contributed by atoms with Crippen LogP contribution in [0.4, 0.5) is 0 Å². The van der Waals surface area contributed by atoms with Crippen molar-refractivity contribution in [2.24, 2.45) is 0 Å². The molecule has 0 unspecified atom stereocenters. The van der Waals surface area contributed by atoms with Gasteiger partial charge in [0.05, 0.1) is 0 Å². The van der Waals surface area contributed by atoms with Crippen LogP contribution in [-0.4, -0.2) is 7.38 Å². The summed E-state index contributed by atoms with van der Waals surface area (Å²) in [7, 11) is -1.80. The van der Waals surface area contributed by atoms with Crippen LogP contribution >= 0.6 is 11.1 Å². The summed E-state index contributed by atoms with van der Waals surface area (Å²) in [4.78, 5) is 0. The summed E-state index contributed by atoms with van der Waals surface area (Å²) >= 11 is 6.86. The van der Waals surface area contributed by atoms with Crippen molar-refractivity contribution in [3.8, 4) is 0 Å². The third-order valence-electron chi connectivity index (χ3n) is 2.80. The van der Waals surface area contributed by atoms with E-state index < -0.39 is 7.38 Å². The van der Waals surface area contributed by atoms with Crippen molar-refractivity contribution in [1.29, 1.82) is 0 Å². The lowest BCUT2D eigenvalue weighted by molar-refractivity contribution is 0.632. The van der Waals surface area contributed by atoms with Gasteiger partial charge in [0.15, 0.2) is 7.38 Å². The fraction of sp³-hybridized carbons (Fsp3) is 0.818. The molecule has 0 saturated heterocycles. The topological polar surface area (TPSA) is 0 Å². The Morgan fingerprint density at radius 3 is 1.46 bits per heavy atom. The largest absolute Gasteiger partial charge is 0.170 e. The lowest BCUT2D eigenvalue weighted by atomic mass is 10.2. The van der Waals surface area contributed by atoms with Gasteiger partial charge in [0.25, 0.3) is 0 Å². The SMILES string of the molecule is C=CC[Si](Cl)(C(C)(C)C)C(C)(C)C. The summed E-state index contributed by atoms with van der Waals surface area (Å²) in [6, 6.07) is 0.988. The number of rotatable bonds is 2. The Morgan fingerprint density at radius 2 is 1.38 bits per heavy atom. The molecule has 78 valence electrons. The number of hydrogen-bond acceptors (Lipinski definition) is 0. The van der Waals surface area contributed by atoms with Gasteiger partial charge < -0.3 is 0 Å². The predicted molar refractivity (Wildman–Crippen MR) is 66.0 cm³/mol. The molecule has 0 aliphatic heterocycles. The average molecular weight is 219 g/mol. The number of allylic oxidation sites excluding steroid dienone is 1. The van der Waals surface area contributed by atoms with Crippen molar-refractivity contribution in [1.82, 2.24) is 0 Å². The molecule has 0 aromatic rings. The van der Waals surface area contributed by atoms with Crippen LogP contribution in [-0.2, 0) is 0 Å². The first-order valence-corrected chi connectivity index (χ1v) is 8.08. The summed E-state index contributed by atoms with van der Waals surface area (Å²) in [6.45, 7) is 17.3. The van der Waals surface area contributed by atoms with Gasteiger partial charge in [-0.1, -0.05) is 47.6 Å². The van der Waals surface area contributed by atoms with Crippen molar-refractivity contribution in [2.75, 3.05) is 0 Å². The molecule has 0 radical (unpaired) electrons. The first-order chi connectivity index (χ1) is 5.56. The summed E-state index contributed by atoms with van der Waals surface area (Å²) in [5.41, 5.74) is 0. The van der Waals surface area contributed by atoms with Crippen molar-refractivity contribution in [3.63, 3.8) is 0 Å². The van der Waals surface area contributed by atoms with Crippen LogP contribution in [0.3, 0.4) is 0 Å². The highest BCUT2D eigenvalue weighted by Crippen LogP contribution is 2.55. The van der Waals surface area contributed by atoms with Gasteiger partial charge in [0.2, 0.25) is 0 Å². The van der Waals surface area contributed by atoms with E-state index in [0.717, 1.165) is 6.04 Å². The van der Waals surface area contributed by atoms with E-state index in [1.54, 1.807) is 0 Å². The Balaban J connectivity index is 5.07. The molecule has 0 fully saturated rings. The standard InChI is InChI=1S/C11H23ClSi/c1-8-9-13(12,10(2,3)4)11(5,6)7/h8H,1,9H2,2-7H3. The zero-order chi connectivity index (χ0) is 10.9. The molecule has 0 spiro atoms. The van der Waals surface area contributed by atoms with Crippen LogP contribution in [0.15, 0.2) is 12.7 Å². The molecule has 0 aromatic heterocycles. The third-order valence-corrected chi connectivity index (χ3v) is 12.3. The molecule has 0 N–H and O–H groups in total. The molecule has 0 heterocycles. The van der Waals surface area contributed by atoms with Gasteiger partial charge in [0, 0.05) is 0 Å². The van der Waals surface area contributed by atoms with Crippen LogP contribution in [0.5, 0.6) is 0 Å². The van der Waals surface area contributed by atoms with Crippen molar-refractivity contribution in [2.45, 2.75) is 57.7 Å². The molecule has 0 aliphatic carbocycles. The minimum atomic E-state index is -1.80. The van der Waals surface area contributed by atoms with E-state index in [2.05, 4.69) is 48.1 Å². The summed E-state index contributed by atoms with van der Waals surface area (Å²) in [6.07, 6.45) is 1.98. The molecule has 0 aliphatic rings. The average Bonchev–Trinajstić information content (AvgIpc) is 1.82. The van der Waals surface area contributed by atoms with Gasteiger partial charge in [-0.15, -0.1) is 6.58 Å². The lowest BCUT2D eigenvalue weighted by Crippen LogP contribution is -2.46. The van der Waals surface area contributed by atoms with Crippen LogP contribution in [0.25, 0.3) is 0 Å². The second kappa shape index (κ2) is 3.78. The van der Waals surface area contributed by atoms with Crippen LogP contribution in [0, 0.1) is 0 Å². The molecule has 0 atom stereocenters. The van der Waals surface area contributed by atoms with Crippen molar-refractivity contribution >= 4 is 18.5 Å². The van der Waals surface area contributed by atoms with E-state index >= 15 is 0 Å². The molecule has 0 saturated carbocycles. The van der Waals surface area contributed by atoms with Crippen LogP contribution in [0.2, 0.25) is 16.1 Å². The molecule has 0 amide bonds. The second-order valence-corrected chi connectivity index (χ2v) is 12.7. The van der Waals surface area contributed by atoms with Gasteiger partial charge >= 0.3 is 0 Å². The van der Waals surface area contributed by atoms with E-state index in [-0.39, 0.29) is 10.1 Å². The molecule has 13 heavy (non-hydrogen) atoms. The summed E-state index contributed by atoms with van der Waals surface area (Å²) in [5, 5.41) is 0.446. The highest BCUT2D eigenvalue weighted by atomic mass is 35.6. The molecule has 0 nitrogen and oxygen atoms in total.